The summed E-state index contributed by atoms with van der Waals surface area (Å²) >= 11 is 0. The molecule has 1 fully saturated rings. The third kappa shape index (κ3) is 7.52. The molecular formula is C25H38N2O3. The molecule has 5 nitrogen and oxygen atoms in total. The van der Waals surface area contributed by atoms with Crippen LogP contribution in [0.1, 0.15) is 63.7 Å². The van der Waals surface area contributed by atoms with E-state index in [1.165, 1.54) is 17.6 Å². The number of nitrogens with one attached hydrogen (secondary N) is 1. The van der Waals surface area contributed by atoms with Gasteiger partial charge in [-0.3, -0.25) is 9.69 Å². The highest BCUT2D eigenvalue weighted by molar-refractivity contribution is 5.97. The number of methoxy groups -OCH3 is 1. The summed E-state index contributed by atoms with van der Waals surface area (Å²) in [5.74, 6) is 1.14. The molecular weight excluding hydrogens is 376 g/mol. The first kappa shape index (κ1) is 24.0. The van der Waals surface area contributed by atoms with E-state index >= 15 is 0 Å². The summed E-state index contributed by atoms with van der Waals surface area (Å²) in [6.07, 6.45) is 8.70. The third-order valence-electron chi connectivity index (χ3n) is 5.60. The second kappa shape index (κ2) is 12.4. The standard InChI is InChI=1S/C25H38N2O3/c1-6-27-15-8-11-21(27)18-26-25(28)23-13-12-22(29-5)17-24(23)30-16-14-20(4)10-7-9-19(2)3/h9,12-14,17,21H,6-8,10-11,15-16,18H2,1-5H3,(H,26,28). The SMILES string of the molecule is CCN1CCCC1CNC(=O)c1ccc(OC)cc1OCC=C(C)CCC=C(C)C. The average molecular weight is 415 g/mol. The molecule has 1 N–H and O–H groups in total. The van der Waals surface area contributed by atoms with Gasteiger partial charge in [-0.2, -0.15) is 0 Å². The molecule has 0 bridgehead atoms. The first-order valence-corrected chi connectivity index (χ1v) is 11.1. The Morgan fingerprint density at radius 3 is 2.77 bits per heavy atom. The molecule has 1 aliphatic heterocycles. The molecule has 1 saturated heterocycles. The average Bonchev–Trinajstić information content (AvgIpc) is 3.19. The highest BCUT2D eigenvalue weighted by atomic mass is 16.5. The molecule has 0 spiro atoms. The van der Waals surface area contributed by atoms with Gasteiger partial charge in [-0.1, -0.05) is 24.1 Å². The number of likely N-dealkylation sites (N-methyl/N-ethyl adjacent to an activating group) is 1. The molecule has 1 amide bonds. The van der Waals surface area contributed by atoms with Crippen molar-refractivity contribution in [2.24, 2.45) is 0 Å². The molecule has 0 saturated carbocycles. The summed E-state index contributed by atoms with van der Waals surface area (Å²) in [6, 6.07) is 5.79. The molecule has 166 valence electrons. The van der Waals surface area contributed by atoms with Crippen molar-refractivity contribution in [3.63, 3.8) is 0 Å². The molecule has 1 heterocycles. The summed E-state index contributed by atoms with van der Waals surface area (Å²) in [7, 11) is 1.62. The molecule has 0 aromatic heterocycles. The Bertz CT molecular complexity index is 751. The van der Waals surface area contributed by atoms with Gasteiger partial charge in [0.2, 0.25) is 0 Å². The van der Waals surface area contributed by atoms with Crippen molar-refractivity contribution in [2.75, 3.05) is 33.4 Å². The minimum absolute atomic E-state index is 0.0973. The molecule has 1 aromatic rings. The van der Waals surface area contributed by atoms with E-state index in [-0.39, 0.29) is 5.91 Å². The van der Waals surface area contributed by atoms with Crippen molar-refractivity contribution >= 4 is 5.91 Å². The Morgan fingerprint density at radius 2 is 2.07 bits per heavy atom. The zero-order valence-electron chi connectivity index (χ0n) is 19.3. The van der Waals surface area contributed by atoms with Crippen LogP contribution in [0.4, 0.5) is 0 Å². The van der Waals surface area contributed by atoms with Gasteiger partial charge in [0.05, 0.1) is 12.7 Å². The van der Waals surface area contributed by atoms with E-state index in [2.05, 4.69) is 50.1 Å². The van der Waals surface area contributed by atoms with Crippen LogP contribution in [0.3, 0.4) is 0 Å². The monoisotopic (exact) mass is 414 g/mol. The van der Waals surface area contributed by atoms with Crippen molar-refractivity contribution < 1.29 is 14.3 Å². The first-order valence-electron chi connectivity index (χ1n) is 11.1. The van der Waals surface area contributed by atoms with Gasteiger partial charge < -0.3 is 14.8 Å². The molecule has 1 aliphatic rings. The van der Waals surface area contributed by atoms with Crippen molar-refractivity contribution in [3.8, 4) is 11.5 Å². The number of allylic oxidation sites excluding steroid dienone is 3. The van der Waals surface area contributed by atoms with E-state index in [0.717, 1.165) is 32.4 Å². The summed E-state index contributed by atoms with van der Waals surface area (Å²) < 4.78 is 11.3. The summed E-state index contributed by atoms with van der Waals surface area (Å²) in [6.45, 7) is 11.8. The molecule has 0 aliphatic carbocycles. The number of likely N-dealkylation sites (tertiary alicyclic amines) is 1. The highest BCUT2D eigenvalue weighted by Gasteiger charge is 2.24. The second-order valence-corrected chi connectivity index (χ2v) is 8.18. The summed E-state index contributed by atoms with van der Waals surface area (Å²) in [5, 5.41) is 3.10. The fourth-order valence-corrected chi connectivity index (χ4v) is 3.75. The lowest BCUT2D eigenvalue weighted by molar-refractivity contribution is 0.0937. The fourth-order valence-electron chi connectivity index (χ4n) is 3.75. The Morgan fingerprint density at radius 1 is 1.27 bits per heavy atom. The first-order chi connectivity index (χ1) is 14.4. The number of rotatable bonds is 11. The van der Waals surface area contributed by atoms with Crippen LogP contribution in [-0.4, -0.2) is 50.2 Å². The van der Waals surface area contributed by atoms with Gasteiger partial charge in [0.1, 0.15) is 18.1 Å². The Kier molecular flexibility index (Phi) is 9.95. The van der Waals surface area contributed by atoms with E-state index in [1.807, 2.05) is 0 Å². The van der Waals surface area contributed by atoms with Gasteiger partial charge in [0, 0.05) is 18.7 Å². The van der Waals surface area contributed by atoms with Crippen LogP contribution in [0.2, 0.25) is 0 Å². The van der Waals surface area contributed by atoms with Crippen LogP contribution in [0.25, 0.3) is 0 Å². The smallest absolute Gasteiger partial charge is 0.255 e. The van der Waals surface area contributed by atoms with Crippen LogP contribution in [0, 0.1) is 0 Å². The Balaban J connectivity index is 1.98. The number of hydrogen-bond acceptors (Lipinski definition) is 4. The van der Waals surface area contributed by atoms with Gasteiger partial charge in [-0.25, -0.2) is 0 Å². The van der Waals surface area contributed by atoms with E-state index < -0.39 is 0 Å². The van der Waals surface area contributed by atoms with Crippen LogP contribution < -0.4 is 14.8 Å². The lowest BCUT2D eigenvalue weighted by Crippen LogP contribution is -2.40. The lowest BCUT2D eigenvalue weighted by atomic mass is 10.1. The predicted molar refractivity (Wildman–Crippen MR) is 124 cm³/mol. The number of nitrogens with zero attached hydrogens (tertiary/aromatic N) is 1. The van der Waals surface area contributed by atoms with Gasteiger partial charge in [-0.15, -0.1) is 0 Å². The van der Waals surface area contributed by atoms with Crippen molar-refractivity contribution in [3.05, 3.63) is 47.1 Å². The summed E-state index contributed by atoms with van der Waals surface area (Å²) in [4.78, 5) is 15.3. The summed E-state index contributed by atoms with van der Waals surface area (Å²) in [5.41, 5.74) is 3.17. The van der Waals surface area contributed by atoms with Gasteiger partial charge >= 0.3 is 0 Å². The number of carbonyl (C=O) groups excluding carboxylic acids is 1. The topological polar surface area (TPSA) is 50.8 Å². The minimum atomic E-state index is -0.0973. The minimum Gasteiger partial charge on any atom is -0.497 e. The van der Waals surface area contributed by atoms with Crippen molar-refractivity contribution in [2.45, 2.75) is 59.4 Å². The fraction of sp³-hybridized carbons (Fsp3) is 0.560. The third-order valence-corrected chi connectivity index (χ3v) is 5.60. The van der Waals surface area contributed by atoms with E-state index in [0.29, 0.717) is 36.3 Å². The Labute approximate surface area is 182 Å². The molecule has 1 atom stereocenters. The maximum absolute atomic E-state index is 12.8. The number of hydrogen-bond donors (Lipinski definition) is 1. The van der Waals surface area contributed by atoms with Crippen LogP contribution >= 0.6 is 0 Å². The van der Waals surface area contributed by atoms with Crippen molar-refractivity contribution in [1.82, 2.24) is 10.2 Å². The number of ether oxygens (including phenoxy) is 2. The van der Waals surface area contributed by atoms with E-state index in [9.17, 15) is 4.79 Å². The van der Waals surface area contributed by atoms with Crippen LogP contribution in [-0.2, 0) is 0 Å². The maximum Gasteiger partial charge on any atom is 0.255 e. The van der Waals surface area contributed by atoms with Crippen molar-refractivity contribution in [1.29, 1.82) is 0 Å². The zero-order valence-corrected chi connectivity index (χ0v) is 19.3. The molecule has 1 unspecified atom stereocenters. The predicted octanol–water partition coefficient (Wildman–Crippen LogP) is 4.98. The number of amides is 1. The normalized spacial score (nSPS) is 17.0. The zero-order chi connectivity index (χ0) is 21.9. The number of benzene rings is 1. The molecule has 0 radical (unpaired) electrons. The van der Waals surface area contributed by atoms with E-state index in [1.54, 1.807) is 25.3 Å². The van der Waals surface area contributed by atoms with Crippen LogP contribution in [0.5, 0.6) is 11.5 Å². The largest absolute Gasteiger partial charge is 0.497 e. The molecule has 2 rings (SSSR count). The molecule has 30 heavy (non-hydrogen) atoms. The van der Waals surface area contributed by atoms with Gasteiger partial charge in [0.15, 0.2) is 0 Å². The van der Waals surface area contributed by atoms with E-state index in [4.69, 9.17) is 9.47 Å². The molecule has 5 heteroatoms. The van der Waals surface area contributed by atoms with Gasteiger partial charge in [0.25, 0.3) is 5.91 Å². The second-order valence-electron chi connectivity index (χ2n) is 8.18. The Hall–Kier alpha value is -2.27. The van der Waals surface area contributed by atoms with Crippen LogP contribution in [0.15, 0.2) is 41.5 Å². The number of carbonyl (C=O) groups is 1. The molecule has 1 aromatic carbocycles. The maximum atomic E-state index is 12.8. The van der Waals surface area contributed by atoms with Gasteiger partial charge in [-0.05, 0) is 77.8 Å². The highest BCUT2D eigenvalue weighted by Crippen LogP contribution is 2.25. The quantitative estimate of drug-likeness (QED) is 0.519. The lowest BCUT2D eigenvalue weighted by Gasteiger charge is -2.23.